The number of carbonyl (C=O) groups excluding carboxylic acids is 5. The number of hydrogen-bond acceptors (Lipinski definition) is 23. The van der Waals surface area contributed by atoms with Crippen LogP contribution in [-0.2, 0) is 85.6 Å². The molecule has 0 spiro atoms. The minimum absolute atomic E-state index is 0.0310. The van der Waals surface area contributed by atoms with Crippen LogP contribution in [0.5, 0.6) is 0 Å². The average Bonchev–Trinajstić information content (AvgIpc) is 4.08. The van der Waals surface area contributed by atoms with Crippen molar-refractivity contribution < 1.29 is 111 Å². The zero-order valence-corrected chi connectivity index (χ0v) is 46.1. The van der Waals surface area contributed by atoms with Crippen molar-refractivity contribution in [3.8, 4) is 0 Å². The molecule has 4 saturated heterocycles. The first kappa shape index (κ1) is 59.2. The Bertz CT molecular complexity index is 2190. The van der Waals surface area contributed by atoms with E-state index in [0.29, 0.717) is 25.2 Å². The predicted molar refractivity (Wildman–Crippen MR) is 263 cm³/mol. The third-order valence-corrected chi connectivity index (χ3v) is 19.2. The summed E-state index contributed by atoms with van der Waals surface area (Å²) in [5.74, 6) is -3.13. The molecule has 0 radical (unpaired) electrons. The van der Waals surface area contributed by atoms with Gasteiger partial charge in [0.1, 0.15) is 37.6 Å². The van der Waals surface area contributed by atoms with E-state index in [0.717, 1.165) is 65.4 Å². The summed E-state index contributed by atoms with van der Waals surface area (Å²) in [5.41, 5.74) is -1.06. The monoisotopic (exact) mass is 1110 g/mol. The molecule has 78 heavy (non-hydrogen) atoms. The van der Waals surface area contributed by atoms with Gasteiger partial charge in [-0.25, -0.2) is 4.79 Å². The van der Waals surface area contributed by atoms with Crippen molar-refractivity contribution in [2.75, 3.05) is 13.2 Å². The number of fused-ring (bicyclic) bond motifs is 5. The molecule has 9 aliphatic rings. The van der Waals surface area contributed by atoms with Gasteiger partial charge in [-0.05, 0) is 107 Å². The number of hydrogen-bond donors (Lipinski definition) is 5. The highest BCUT2D eigenvalue weighted by Gasteiger charge is 2.71. The van der Waals surface area contributed by atoms with Crippen LogP contribution in [0.15, 0.2) is 11.6 Å². The van der Waals surface area contributed by atoms with E-state index < -0.39 is 152 Å². The molecule has 23 nitrogen and oxygen atoms in total. The summed E-state index contributed by atoms with van der Waals surface area (Å²) in [5, 5.41) is 59.1. The molecule has 0 bridgehead atoms. The highest BCUT2D eigenvalue weighted by atomic mass is 16.8. The predicted octanol–water partition coefficient (Wildman–Crippen LogP) is 2.33. The molecule has 0 aromatic heterocycles. The fraction of sp³-hybridized carbons (Fsp3) is 0.873. The van der Waals surface area contributed by atoms with E-state index in [2.05, 4.69) is 6.92 Å². The Morgan fingerprint density at radius 3 is 1.67 bits per heavy atom. The van der Waals surface area contributed by atoms with Crippen LogP contribution in [0.4, 0.5) is 0 Å². The fourth-order valence-electron chi connectivity index (χ4n) is 15.4. The summed E-state index contributed by atoms with van der Waals surface area (Å²) < 4.78 is 77.0. The molecule has 0 unspecified atom stereocenters. The van der Waals surface area contributed by atoms with Crippen LogP contribution in [0.25, 0.3) is 0 Å². The van der Waals surface area contributed by atoms with Gasteiger partial charge in [-0.1, -0.05) is 13.8 Å². The van der Waals surface area contributed by atoms with E-state index in [-0.39, 0.29) is 61.1 Å². The minimum Gasteiger partial charge on any atom is -0.463 e. The lowest BCUT2D eigenvalue weighted by molar-refractivity contribution is -0.356. The minimum atomic E-state index is -1.57. The fourth-order valence-corrected chi connectivity index (χ4v) is 15.4. The van der Waals surface area contributed by atoms with Crippen LogP contribution in [0, 0.1) is 34.5 Å². The Morgan fingerprint density at radius 1 is 0.603 bits per heavy atom. The maximum absolute atomic E-state index is 12.7. The van der Waals surface area contributed by atoms with Crippen LogP contribution in [0.2, 0.25) is 0 Å². The SMILES string of the molecule is CC(=O)OC[C@H]1O[C@@H](O[C@H]2[C@@H](O)C[C@H](O[C@H]3[C@@H](O)C[C@H](O[C@H]4[C@@H](O)C[C@H](O[C@H]5CC[C@@]6(C)[C@H](CC[C@@H]7[C@@H]6C[C@@H](O)[C@]6(C)[C@@H](C8=CC(=O)OC8)CC[C@]76O)C5)O[C@@H]4C)O[C@@H]3C)O[C@@H]2C)[C@H](OC(C)=O)[C@@H](OC(C)=O)[C@@H]1OC(C)=O. The lowest BCUT2D eigenvalue weighted by Gasteiger charge is -2.65. The molecule has 5 N–H and O–H groups in total. The summed E-state index contributed by atoms with van der Waals surface area (Å²) in [6, 6.07) is 0. The van der Waals surface area contributed by atoms with E-state index in [9.17, 15) is 49.5 Å². The van der Waals surface area contributed by atoms with E-state index >= 15 is 0 Å². The van der Waals surface area contributed by atoms with E-state index in [1.807, 2.05) is 6.92 Å². The van der Waals surface area contributed by atoms with Gasteiger partial charge < -0.3 is 87.1 Å². The van der Waals surface area contributed by atoms with Gasteiger partial charge in [0.15, 0.2) is 43.5 Å². The topological polar surface area (TPSA) is 306 Å². The number of esters is 5. The number of rotatable bonds is 14. The smallest absolute Gasteiger partial charge is 0.331 e. The number of aliphatic hydroxyl groups excluding tert-OH is 4. The van der Waals surface area contributed by atoms with Crippen LogP contribution >= 0.6 is 0 Å². The first-order chi connectivity index (χ1) is 36.8. The highest BCUT2D eigenvalue weighted by molar-refractivity contribution is 5.85. The molecule has 8 fully saturated rings. The molecular formula is C55H82O23. The second-order valence-corrected chi connectivity index (χ2v) is 24.0. The van der Waals surface area contributed by atoms with Crippen molar-refractivity contribution in [3.63, 3.8) is 0 Å². The van der Waals surface area contributed by atoms with Crippen molar-refractivity contribution in [2.24, 2.45) is 34.5 Å². The molecule has 5 heterocycles. The third-order valence-electron chi connectivity index (χ3n) is 19.2. The van der Waals surface area contributed by atoms with Gasteiger partial charge >= 0.3 is 29.8 Å². The van der Waals surface area contributed by atoms with Crippen LogP contribution < -0.4 is 0 Å². The second-order valence-electron chi connectivity index (χ2n) is 24.0. The average molecular weight is 1110 g/mol. The molecule has 5 aliphatic heterocycles. The zero-order chi connectivity index (χ0) is 56.3. The Morgan fingerprint density at radius 2 is 1.14 bits per heavy atom. The summed E-state index contributed by atoms with van der Waals surface area (Å²) in [6.07, 6.45) is -11.8. The molecule has 440 valence electrons. The Balaban J connectivity index is 0.752. The number of ether oxygens (including phenoxy) is 13. The van der Waals surface area contributed by atoms with Gasteiger partial charge in [0.25, 0.3) is 0 Å². The summed E-state index contributed by atoms with van der Waals surface area (Å²) >= 11 is 0. The lowest BCUT2D eigenvalue weighted by Crippen LogP contribution is -2.67. The van der Waals surface area contributed by atoms with Gasteiger partial charge in [0.05, 0.1) is 54.4 Å². The van der Waals surface area contributed by atoms with E-state index in [4.69, 9.17) is 61.6 Å². The van der Waals surface area contributed by atoms with Crippen molar-refractivity contribution >= 4 is 29.8 Å². The summed E-state index contributed by atoms with van der Waals surface area (Å²) in [6.45, 7) is 13.6. The largest absolute Gasteiger partial charge is 0.463 e. The Labute approximate surface area is 454 Å². The van der Waals surface area contributed by atoms with E-state index in [1.165, 1.54) is 0 Å². The normalized spacial score (nSPS) is 48.3. The van der Waals surface area contributed by atoms with Gasteiger partial charge in [0.2, 0.25) is 0 Å². The Kier molecular flexibility index (Phi) is 17.8. The standard InChI is InChI=1S/C55H82O23/c1-24-46(37(60)19-43(68-24)74-33-12-14-53(8)32(17-33)10-11-35-36(53)18-41(63)54(9)34(13-15-55(35,54)65)31-16-42(64)67-22-31)76-44-20-38(61)47(25(2)69-44)77-45-21-39(62)48(26(3)70-45)78-52-51(73-30(7)59)50(72-29(6)58)49(71-28(5)57)40(75-52)23-66-27(4)56/h16,24-26,32-41,43-52,60-63,65H,10-15,17-23H2,1-9H3/t24-,25-,26-,32-,33+,34-,35-,36+,37+,38+,39+,40-,41-,43+,44+,45+,46-,47-,48-,49-,50+,51-,52+,53+,54+,55+/m1/s1. The summed E-state index contributed by atoms with van der Waals surface area (Å²) in [7, 11) is 0. The molecule has 26 atom stereocenters. The zero-order valence-electron chi connectivity index (χ0n) is 46.1. The van der Waals surface area contributed by atoms with Crippen LogP contribution in [0.3, 0.4) is 0 Å². The maximum atomic E-state index is 12.7. The van der Waals surface area contributed by atoms with Gasteiger partial charge in [-0.2, -0.15) is 0 Å². The number of cyclic esters (lactones) is 1. The maximum Gasteiger partial charge on any atom is 0.331 e. The first-order valence-electron chi connectivity index (χ1n) is 28.0. The number of aliphatic hydroxyl groups is 5. The van der Waals surface area contributed by atoms with Crippen molar-refractivity contribution in [1.29, 1.82) is 0 Å². The van der Waals surface area contributed by atoms with Crippen molar-refractivity contribution in [2.45, 2.75) is 255 Å². The molecular weight excluding hydrogens is 1030 g/mol. The molecule has 0 aromatic rings. The first-order valence-corrected chi connectivity index (χ1v) is 28.0. The molecule has 4 saturated carbocycles. The Hall–Kier alpha value is -3.43. The highest BCUT2D eigenvalue weighted by Crippen LogP contribution is 2.70. The quantitative estimate of drug-likeness (QED) is 0.0947. The molecule has 0 amide bonds. The van der Waals surface area contributed by atoms with Crippen LogP contribution in [0.1, 0.15) is 133 Å². The molecule has 23 heteroatoms. The third kappa shape index (κ3) is 11.7. The second kappa shape index (κ2) is 23.4. The van der Waals surface area contributed by atoms with Crippen molar-refractivity contribution in [1.82, 2.24) is 0 Å². The van der Waals surface area contributed by atoms with E-state index in [1.54, 1.807) is 26.8 Å². The summed E-state index contributed by atoms with van der Waals surface area (Å²) in [4.78, 5) is 60.7. The van der Waals surface area contributed by atoms with Crippen LogP contribution in [-0.4, -0.2) is 191 Å². The van der Waals surface area contributed by atoms with Crippen molar-refractivity contribution in [3.05, 3.63) is 11.6 Å². The molecule has 0 aromatic carbocycles. The van der Waals surface area contributed by atoms with Gasteiger partial charge in [-0.3, -0.25) is 19.2 Å². The molecule has 4 aliphatic carbocycles. The number of carbonyl (C=O) groups is 5. The van der Waals surface area contributed by atoms with Gasteiger partial charge in [0, 0.05) is 58.4 Å². The lowest BCUT2D eigenvalue weighted by atomic mass is 9.42. The molecule has 9 rings (SSSR count). The van der Waals surface area contributed by atoms with Gasteiger partial charge in [-0.15, -0.1) is 0 Å².